The molecule has 4 aromatic carbocycles. The Bertz CT molecular complexity index is 5340. The zero-order valence-electron chi connectivity index (χ0n) is 60.8. The highest BCUT2D eigenvalue weighted by Crippen LogP contribution is 2.41. The molecule has 0 saturated heterocycles. The third kappa shape index (κ3) is 22.9. The summed E-state index contributed by atoms with van der Waals surface area (Å²) in [5, 5.41) is 61.7. The topological polar surface area (TPSA) is 348 Å². The number of aromatic hydroxyl groups is 1. The third-order valence-corrected chi connectivity index (χ3v) is 18.2. The SMILES string of the molecule is Cc1[nH]c(C(=O)NC(O)C(O)c2ccccc2)cc1-c1cc(Cl)ncn1.Cc1[nH]c(C(=O)NCc2ccc(F)cc2)c(CC(F)(F)F)c1-c1cc(Cl)ncc1O.Cc1[nH]c(C(=O)NCc2ccc(F)cc2)c(CN(C)C)c1-c1cc(Cl)ncc1F.Cc1[nH]c(C(=O)N[C@H](CO)c2cccc(Cl)c2)c(CO)c1-c1ccnc(Cl)c1. The van der Waals surface area contributed by atoms with E-state index >= 15 is 0 Å². The second-order valence-electron chi connectivity index (χ2n) is 25.6. The van der Waals surface area contributed by atoms with Crippen molar-refractivity contribution in [3.8, 4) is 50.4 Å². The summed E-state index contributed by atoms with van der Waals surface area (Å²) in [4.78, 5) is 83.8. The van der Waals surface area contributed by atoms with Crippen molar-refractivity contribution in [3.05, 3.63) is 292 Å². The van der Waals surface area contributed by atoms with Gasteiger partial charge in [-0.1, -0.05) is 125 Å². The number of aliphatic hydroxyl groups is 4. The fraction of sp³-hybridized carbons (Fsp3) is 0.203. The monoisotopic (exact) mass is 1650 g/mol. The Morgan fingerprint density at radius 3 is 1.63 bits per heavy atom. The molecular weight excluding hydrogens is 1580 g/mol. The zero-order chi connectivity index (χ0) is 82.1. The lowest BCUT2D eigenvalue weighted by molar-refractivity contribution is -0.127. The molecule has 0 spiro atoms. The number of rotatable bonds is 22. The molecule has 23 nitrogen and oxygen atoms in total. The largest absolute Gasteiger partial charge is 0.506 e. The van der Waals surface area contributed by atoms with E-state index in [1.807, 2.05) is 19.0 Å². The molecule has 13 N–H and O–H groups in total. The molecule has 2 unspecified atom stereocenters. The summed E-state index contributed by atoms with van der Waals surface area (Å²) in [5.41, 5.74) is 9.76. The number of amides is 4. The molecule has 12 rings (SSSR count). The van der Waals surface area contributed by atoms with Crippen molar-refractivity contribution >= 4 is 81.6 Å². The molecule has 8 heterocycles. The van der Waals surface area contributed by atoms with Crippen molar-refractivity contribution < 1.29 is 71.1 Å². The van der Waals surface area contributed by atoms with E-state index in [2.05, 4.69) is 66.1 Å². The van der Waals surface area contributed by atoms with Crippen molar-refractivity contribution in [1.82, 2.24) is 71.0 Å². The number of pyridine rings is 3. The van der Waals surface area contributed by atoms with Gasteiger partial charge >= 0.3 is 6.18 Å². The Morgan fingerprint density at radius 2 is 1.07 bits per heavy atom. The molecular formula is C79H73Cl5F6N14O9. The number of nitrogens with zero attached hydrogens (tertiary/aromatic N) is 6. The summed E-state index contributed by atoms with van der Waals surface area (Å²) in [5.74, 6) is -3.78. The number of aromatic nitrogens is 9. The van der Waals surface area contributed by atoms with Crippen LogP contribution in [0, 0.1) is 45.1 Å². The lowest BCUT2D eigenvalue weighted by atomic mass is 9.98. The average molecular weight is 1650 g/mol. The number of carbonyl (C=O) groups is 4. The van der Waals surface area contributed by atoms with E-state index in [9.17, 15) is 71.1 Å². The fourth-order valence-corrected chi connectivity index (χ4v) is 12.8. The molecule has 3 atom stereocenters. The maximum atomic E-state index is 14.5. The number of hydrogen-bond donors (Lipinski definition) is 13. The predicted molar refractivity (Wildman–Crippen MR) is 416 cm³/mol. The van der Waals surface area contributed by atoms with E-state index in [-0.39, 0.29) is 99.1 Å². The number of aromatic amines is 4. The highest BCUT2D eigenvalue weighted by Gasteiger charge is 2.35. The summed E-state index contributed by atoms with van der Waals surface area (Å²) in [6.45, 7) is 6.86. The molecule has 34 heteroatoms. The van der Waals surface area contributed by atoms with E-state index in [1.54, 1.807) is 118 Å². The van der Waals surface area contributed by atoms with Gasteiger partial charge in [-0.25, -0.2) is 38.1 Å². The molecule has 0 aliphatic heterocycles. The molecule has 8 aromatic heterocycles. The number of aliphatic hydroxyl groups excluding tert-OH is 4. The normalized spacial score (nSPS) is 11.9. The Kier molecular flexibility index (Phi) is 29.7. The number of hydrogen-bond acceptors (Lipinski definition) is 15. The molecule has 0 fully saturated rings. The Labute approximate surface area is 667 Å². The molecule has 0 aliphatic carbocycles. The standard InChI is InChI=1S/C21H21ClF2N4O.C20H19Cl2N3O3.C20H16ClF4N3O2.C18H17ClN4O3/c1-12-19(15-8-18(22)25-10-17(15)24)16(11-28(2)3)20(27-12)21(29)26-9-13-4-6-14(23)7-5-13;1-11-18(13-5-6-23-17(22)8-13)15(9-26)19(24-11)20(28)25-16(10-27)12-3-2-4-14(21)7-12;1-10-17(13-6-16(21)26-9-15(13)29)14(7-20(23,24)25)18(28-10)19(30)27-8-11-2-4-12(22)5-3-11;1-10-12(13-8-15(19)21-9-20-13)7-14(22-10)17(25)23-18(26)16(24)11-5-3-2-4-6-11/h4-8,10,27H,9,11H2,1-3H3,(H,26,29);2-8,16,24,26-27H,9-10H2,1H3,(H,25,28);2-6,9,28-29H,7-8H2,1H3,(H,27,30);2-9,16,18,22,24,26H,1H3,(H,23,25)/t;16-;;/m.1../s1. The van der Waals surface area contributed by atoms with Crippen LogP contribution in [-0.2, 0) is 32.7 Å². The maximum Gasteiger partial charge on any atom is 0.393 e. The summed E-state index contributed by atoms with van der Waals surface area (Å²) >= 11 is 29.7. The highest BCUT2D eigenvalue weighted by atomic mass is 35.5. The van der Waals surface area contributed by atoms with E-state index < -0.39 is 60.3 Å². The first-order valence-electron chi connectivity index (χ1n) is 34.1. The Balaban J connectivity index is 0.000000173. The van der Waals surface area contributed by atoms with Crippen molar-refractivity contribution in [2.24, 2.45) is 0 Å². The number of carbonyl (C=O) groups excluding carboxylic acids is 4. The lowest BCUT2D eigenvalue weighted by Crippen LogP contribution is -2.39. The first kappa shape index (κ1) is 86.0. The van der Waals surface area contributed by atoms with Crippen LogP contribution < -0.4 is 21.3 Å². The van der Waals surface area contributed by atoms with Gasteiger partial charge in [-0.3, -0.25) is 19.2 Å². The first-order valence-corrected chi connectivity index (χ1v) is 36.0. The quantitative estimate of drug-likeness (QED) is 0.0130. The van der Waals surface area contributed by atoms with Crippen molar-refractivity contribution in [1.29, 1.82) is 0 Å². The van der Waals surface area contributed by atoms with Gasteiger partial charge in [0.1, 0.15) is 79.0 Å². The minimum Gasteiger partial charge on any atom is -0.506 e. The van der Waals surface area contributed by atoms with Gasteiger partial charge < -0.3 is 71.6 Å². The third-order valence-electron chi connectivity index (χ3n) is 17.1. The van der Waals surface area contributed by atoms with Crippen LogP contribution >= 0.6 is 58.0 Å². The molecule has 4 amide bonds. The molecule has 113 heavy (non-hydrogen) atoms. The van der Waals surface area contributed by atoms with Crippen LogP contribution in [0.25, 0.3) is 44.6 Å². The molecule has 0 bridgehead atoms. The van der Waals surface area contributed by atoms with E-state index in [0.29, 0.717) is 94.9 Å². The molecule has 0 radical (unpaired) electrons. The van der Waals surface area contributed by atoms with Gasteiger partial charge in [-0.05, 0) is 142 Å². The highest BCUT2D eigenvalue weighted by molar-refractivity contribution is 6.31. The first-order chi connectivity index (χ1) is 53.7. The summed E-state index contributed by atoms with van der Waals surface area (Å²) in [6, 6.07) is 35.4. The lowest BCUT2D eigenvalue weighted by Gasteiger charge is -2.19. The number of aryl methyl sites for hydroxylation is 4. The van der Waals surface area contributed by atoms with Crippen LogP contribution in [0.3, 0.4) is 0 Å². The van der Waals surface area contributed by atoms with Gasteiger partial charge in [0.25, 0.3) is 23.6 Å². The fourth-order valence-electron chi connectivity index (χ4n) is 12.0. The van der Waals surface area contributed by atoms with Crippen LogP contribution in [0.2, 0.25) is 25.6 Å². The number of alkyl halides is 3. The van der Waals surface area contributed by atoms with Gasteiger partial charge in [0.05, 0.1) is 43.8 Å². The smallest absolute Gasteiger partial charge is 0.393 e. The van der Waals surface area contributed by atoms with E-state index in [4.69, 9.17) is 58.0 Å². The van der Waals surface area contributed by atoms with Crippen LogP contribution in [-0.4, -0.2) is 132 Å². The van der Waals surface area contributed by atoms with Gasteiger partial charge in [-0.2, -0.15) is 13.2 Å². The number of benzene rings is 4. The predicted octanol–water partition coefficient (Wildman–Crippen LogP) is 15.1. The molecule has 0 saturated carbocycles. The maximum absolute atomic E-state index is 14.5. The van der Waals surface area contributed by atoms with Gasteiger partial charge in [0, 0.05) is 104 Å². The molecule has 0 aliphatic rings. The minimum atomic E-state index is -4.61. The van der Waals surface area contributed by atoms with Crippen LogP contribution in [0.15, 0.2) is 164 Å². The van der Waals surface area contributed by atoms with Crippen molar-refractivity contribution in [2.45, 2.75) is 84.9 Å². The van der Waals surface area contributed by atoms with Crippen molar-refractivity contribution in [3.63, 3.8) is 0 Å². The van der Waals surface area contributed by atoms with Crippen LogP contribution in [0.4, 0.5) is 26.3 Å². The van der Waals surface area contributed by atoms with Gasteiger partial charge in [0.15, 0.2) is 6.23 Å². The molecule has 12 aromatic rings. The Hall–Kier alpha value is -11.0. The molecule has 590 valence electrons. The summed E-state index contributed by atoms with van der Waals surface area (Å²) < 4.78 is 80.4. The average Bonchev–Trinajstić information content (AvgIpc) is 1.64. The van der Waals surface area contributed by atoms with Crippen molar-refractivity contribution in [2.75, 3.05) is 20.7 Å². The van der Waals surface area contributed by atoms with Gasteiger partial charge in [-0.15, -0.1) is 0 Å². The van der Waals surface area contributed by atoms with Crippen LogP contribution in [0.5, 0.6) is 5.75 Å². The van der Waals surface area contributed by atoms with E-state index in [1.165, 1.54) is 61.8 Å². The van der Waals surface area contributed by atoms with Crippen LogP contribution in [0.1, 0.15) is 116 Å². The summed E-state index contributed by atoms with van der Waals surface area (Å²) in [6.07, 6.45) is -3.71. The number of halogens is 11. The second-order valence-corrected chi connectivity index (χ2v) is 27.6. The second kappa shape index (κ2) is 39.0. The number of nitrogens with one attached hydrogen (secondary N) is 8. The van der Waals surface area contributed by atoms with E-state index in [0.717, 1.165) is 23.5 Å². The Morgan fingerprint density at radius 1 is 0.531 bits per heavy atom. The number of H-pyrrole nitrogens is 4. The zero-order valence-corrected chi connectivity index (χ0v) is 64.6. The summed E-state index contributed by atoms with van der Waals surface area (Å²) in [7, 11) is 3.73. The van der Waals surface area contributed by atoms with Gasteiger partial charge in [0.2, 0.25) is 0 Å². The minimum absolute atomic E-state index is 0.00962.